The first-order valence-electron chi connectivity index (χ1n) is 4.05. The van der Waals surface area contributed by atoms with Crippen LogP contribution in [0.4, 0.5) is 4.39 Å². The number of allylic oxidation sites excluding steroid dienone is 1. The van der Waals surface area contributed by atoms with E-state index >= 15 is 0 Å². The van der Waals surface area contributed by atoms with Crippen LogP contribution in [0.15, 0.2) is 18.2 Å². The van der Waals surface area contributed by atoms with Gasteiger partial charge in [0.25, 0.3) is 0 Å². The smallest absolute Gasteiger partial charge is 0.141 e. The van der Waals surface area contributed by atoms with Crippen LogP contribution in [0.3, 0.4) is 0 Å². The lowest BCUT2D eigenvalue weighted by atomic mass is 10.1. The van der Waals surface area contributed by atoms with Gasteiger partial charge in [-0.3, -0.25) is 0 Å². The van der Waals surface area contributed by atoms with E-state index in [2.05, 4.69) is 15.9 Å². The fourth-order valence-corrected chi connectivity index (χ4v) is 1.46. The Kier molecular flexibility index (Phi) is 4.42. The summed E-state index contributed by atoms with van der Waals surface area (Å²) in [6, 6.07) is 2.32. The monoisotopic (exact) mass is 278 g/mol. The highest BCUT2D eigenvalue weighted by molar-refractivity contribution is 9.09. The molecule has 0 aromatic heterocycles. The lowest BCUT2D eigenvalue weighted by Crippen LogP contribution is -1.81. The maximum atomic E-state index is 12.9. The van der Waals surface area contributed by atoms with Gasteiger partial charge in [-0.2, -0.15) is 0 Å². The molecule has 1 rings (SSSR count). The van der Waals surface area contributed by atoms with Gasteiger partial charge in [-0.05, 0) is 18.6 Å². The first kappa shape index (κ1) is 11.5. The van der Waals surface area contributed by atoms with Crippen LogP contribution in [-0.2, 0) is 0 Å². The number of phenols is 1. The van der Waals surface area contributed by atoms with Crippen LogP contribution in [0, 0.1) is 5.82 Å². The number of hydrogen-bond donors (Lipinski definition) is 1. The summed E-state index contributed by atoms with van der Waals surface area (Å²) >= 11 is 8.86. The summed E-state index contributed by atoms with van der Waals surface area (Å²) in [4.78, 5) is 0. The largest absolute Gasteiger partial charge is 0.506 e. The molecule has 1 N–H and O–H groups in total. The number of halogens is 3. The summed E-state index contributed by atoms with van der Waals surface area (Å²) in [7, 11) is 0. The van der Waals surface area contributed by atoms with Gasteiger partial charge in [0, 0.05) is 10.9 Å². The Morgan fingerprint density at radius 3 is 2.86 bits per heavy atom. The quantitative estimate of drug-likeness (QED) is 0.830. The van der Waals surface area contributed by atoms with E-state index in [1.165, 1.54) is 6.07 Å². The molecule has 76 valence electrons. The lowest BCUT2D eigenvalue weighted by molar-refractivity contribution is 0.472. The van der Waals surface area contributed by atoms with E-state index in [-0.39, 0.29) is 10.8 Å². The molecule has 1 aromatic carbocycles. The van der Waals surface area contributed by atoms with Gasteiger partial charge in [-0.15, -0.1) is 0 Å². The van der Waals surface area contributed by atoms with Gasteiger partial charge in [-0.25, -0.2) is 4.39 Å². The number of aromatic hydroxyl groups is 1. The van der Waals surface area contributed by atoms with Gasteiger partial charge in [0.1, 0.15) is 11.6 Å². The maximum absolute atomic E-state index is 12.9. The molecule has 0 amide bonds. The summed E-state index contributed by atoms with van der Waals surface area (Å²) in [5.41, 5.74) is 0.399. The highest BCUT2D eigenvalue weighted by Crippen LogP contribution is 2.29. The van der Waals surface area contributed by atoms with Crippen LogP contribution >= 0.6 is 27.5 Å². The Morgan fingerprint density at radius 2 is 2.21 bits per heavy atom. The van der Waals surface area contributed by atoms with Crippen molar-refractivity contribution in [3.8, 4) is 5.75 Å². The molecule has 1 aromatic rings. The van der Waals surface area contributed by atoms with Crippen molar-refractivity contribution < 1.29 is 9.50 Å². The second-order valence-electron chi connectivity index (χ2n) is 2.71. The average Bonchev–Trinajstić information content (AvgIpc) is 2.13. The van der Waals surface area contributed by atoms with Crippen LogP contribution < -0.4 is 0 Å². The van der Waals surface area contributed by atoms with Gasteiger partial charge < -0.3 is 5.11 Å². The Labute approximate surface area is 95.3 Å². The summed E-state index contributed by atoms with van der Waals surface area (Å²) in [5, 5.41) is 10.3. The highest BCUT2D eigenvalue weighted by Gasteiger charge is 2.05. The molecule has 0 radical (unpaired) electrons. The minimum absolute atomic E-state index is 0.0310. The first-order chi connectivity index (χ1) is 6.65. The van der Waals surface area contributed by atoms with Crippen molar-refractivity contribution in [2.24, 2.45) is 0 Å². The fourth-order valence-electron chi connectivity index (χ4n) is 0.986. The van der Waals surface area contributed by atoms with E-state index in [0.717, 1.165) is 17.8 Å². The topological polar surface area (TPSA) is 20.2 Å². The molecular weight excluding hydrogens is 270 g/mol. The minimum Gasteiger partial charge on any atom is -0.506 e. The number of hydrogen-bond acceptors (Lipinski definition) is 1. The molecule has 14 heavy (non-hydrogen) atoms. The van der Waals surface area contributed by atoms with Crippen molar-refractivity contribution in [1.82, 2.24) is 0 Å². The normalized spacial score (nSPS) is 11.1. The molecule has 0 bridgehead atoms. The molecule has 0 saturated carbocycles. The number of alkyl halides is 1. The SMILES string of the molecule is Oc1c(Cl)cc(F)cc1C=CCCBr. The third-order valence-electron chi connectivity index (χ3n) is 1.63. The highest BCUT2D eigenvalue weighted by atomic mass is 79.9. The van der Waals surface area contributed by atoms with Crippen LogP contribution in [0.25, 0.3) is 6.08 Å². The molecular formula is C10H9BrClFO. The number of benzene rings is 1. The molecule has 0 aliphatic heterocycles. The van der Waals surface area contributed by atoms with E-state index in [4.69, 9.17) is 11.6 Å². The van der Waals surface area contributed by atoms with Gasteiger partial charge >= 0.3 is 0 Å². The lowest BCUT2D eigenvalue weighted by Gasteiger charge is -2.01. The van der Waals surface area contributed by atoms with Crippen LogP contribution in [0.2, 0.25) is 5.02 Å². The third kappa shape index (κ3) is 3.00. The Morgan fingerprint density at radius 1 is 1.50 bits per heavy atom. The zero-order valence-electron chi connectivity index (χ0n) is 7.30. The maximum Gasteiger partial charge on any atom is 0.141 e. The van der Waals surface area contributed by atoms with Crippen molar-refractivity contribution in [3.63, 3.8) is 0 Å². The zero-order valence-corrected chi connectivity index (χ0v) is 9.65. The number of rotatable bonds is 3. The molecule has 4 heteroatoms. The standard InChI is InChI=1S/C10H9BrClFO/c11-4-2-1-3-7-5-8(13)6-9(12)10(7)14/h1,3,5-6,14H,2,4H2. The van der Waals surface area contributed by atoms with Gasteiger partial charge in [-0.1, -0.05) is 39.7 Å². The molecule has 0 unspecified atom stereocenters. The predicted octanol–water partition coefficient (Wildman–Crippen LogP) is 3.98. The molecule has 0 aliphatic carbocycles. The Hall–Kier alpha value is -0.540. The molecule has 0 heterocycles. The van der Waals surface area contributed by atoms with Gasteiger partial charge in [0.05, 0.1) is 5.02 Å². The molecule has 0 atom stereocenters. The van der Waals surface area contributed by atoms with Crippen molar-refractivity contribution in [2.45, 2.75) is 6.42 Å². The molecule has 0 saturated heterocycles. The van der Waals surface area contributed by atoms with Crippen LogP contribution in [0.5, 0.6) is 5.75 Å². The van der Waals surface area contributed by atoms with E-state index in [1.54, 1.807) is 6.08 Å². The van der Waals surface area contributed by atoms with Crippen molar-refractivity contribution in [3.05, 3.63) is 34.6 Å². The van der Waals surface area contributed by atoms with E-state index in [1.807, 2.05) is 6.08 Å². The molecule has 0 fully saturated rings. The first-order valence-corrected chi connectivity index (χ1v) is 5.55. The molecule has 0 aliphatic rings. The van der Waals surface area contributed by atoms with Gasteiger partial charge in [0.15, 0.2) is 0 Å². The van der Waals surface area contributed by atoms with Crippen LogP contribution in [-0.4, -0.2) is 10.4 Å². The zero-order chi connectivity index (χ0) is 10.6. The Balaban J connectivity index is 2.96. The van der Waals surface area contributed by atoms with Crippen LogP contribution in [0.1, 0.15) is 12.0 Å². The average molecular weight is 280 g/mol. The third-order valence-corrected chi connectivity index (χ3v) is 2.38. The van der Waals surface area contributed by atoms with E-state index < -0.39 is 5.82 Å². The summed E-state index contributed by atoms with van der Waals surface area (Å²) in [5.74, 6) is -0.537. The second-order valence-corrected chi connectivity index (χ2v) is 3.91. The molecule has 0 spiro atoms. The summed E-state index contributed by atoms with van der Waals surface area (Å²) < 4.78 is 12.9. The van der Waals surface area contributed by atoms with Gasteiger partial charge in [0.2, 0.25) is 0 Å². The fraction of sp³-hybridized carbons (Fsp3) is 0.200. The van der Waals surface area contributed by atoms with E-state index in [0.29, 0.717) is 5.56 Å². The molecule has 1 nitrogen and oxygen atoms in total. The summed E-state index contributed by atoms with van der Waals surface area (Å²) in [6.45, 7) is 0. The Bertz CT molecular complexity index is 352. The van der Waals surface area contributed by atoms with Crippen molar-refractivity contribution >= 4 is 33.6 Å². The van der Waals surface area contributed by atoms with Crippen molar-refractivity contribution in [1.29, 1.82) is 0 Å². The van der Waals surface area contributed by atoms with E-state index in [9.17, 15) is 9.50 Å². The number of phenolic OH excluding ortho intramolecular Hbond substituents is 1. The predicted molar refractivity (Wildman–Crippen MR) is 60.5 cm³/mol. The second kappa shape index (κ2) is 5.37. The minimum atomic E-state index is -0.453. The van der Waals surface area contributed by atoms with Crippen molar-refractivity contribution in [2.75, 3.05) is 5.33 Å². The summed E-state index contributed by atoms with van der Waals surface area (Å²) in [6.07, 6.45) is 4.29.